The summed E-state index contributed by atoms with van der Waals surface area (Å²) in [4.78, 5) is 25.4. The summed E-state index contributed by atoms with van der Waals surface area (Å²) in [5.74, 6) is -0.00670. The Morgan fingerprint density at radius 1 is 1.14 bits per heavy atom. The summed E-state index contributed by atoms with van der Waals surface area (Å²) in [5.41, 5.74) is 1.29. The van der Waals surface area contributed by atoms with Crippen LogP contribution in [0.1, 0.15) is 25.3 Å². The highest BCUT2D eigenvalue weighted by Gasteiger charge is 2.23. The van der Waals surface area contributed by atoms with E-state index in [0.29, 0.717) is 18.8 Å². The Bertz CT molecular complexity index is 917. The number of carbonyl (C=O) groups excluding carboxylic acids is 2. The first-order chi connectivity index (χ1) is 13.3. The van der Waals surface area contributed by atoms with Gasteiger partial charge >= 0.3 is 0 Å². The molecule has 0 atom stereocenters. The molecule has 0 saturated carbocycles. The predicted octanol–water partition coefficient (Wildman–Crippen LogP) is 2.22. The quantitative estimate of drug-likeness (QED) is 0.748. The van der Waals surface area contributed by atoms with Crippen LogP contribution < -0.4 is 10.0 Å². The molecule has 0 radical (unpaired) electrons. The molecule has 150 valence electrons. The molecule has 28 heavy (non-hydrogen) atoms. The van der Waals surface area contributed by atoms with E-state index in [1.807, 2.05) is 4.90 Å². The van der Waals surface area contributed by atoms with Gasteiger partial charge in [0.25, 0.3) is 10.0 Å². The fourth-order valence-corrected chi connectivity index (χ4v) is 5.21. The average molecular weight is 422 g/mol. The van der Waals surface area contributed by atoms with Crippen LogP contribution in [0.25, 0.3) is 0 Å². The number of rotatable bonds is 6. The van der Waals surface area contributed by atoms with Gasteiger partial charge in [-0.05, 0) is 42.0 Å². The van der Waals surface area contributed by atoms with E-state index >= 15 is 0 Å². The van der Waals surface area contributed by atoms with Crippen molar-refractivity contribution >= 4 is 38.9 Å². The van der Waals surface area contributed by atoms with E-state index in [-0.39, 0.29) is 28.5 Å². The van der Waals surface area contributed by atoms with Crippen molar-refractivity contribution < 1.29 is 18.0 Å². The number of carbonyl (C=O) groups is 2. The van der Waals surface area contributed by atoms with Gasteiger partial charge in [-0.1, -0.05) is 18.2 Å². The van der Waals surface area contributed by atoms with E-state index in [2.05, 4.69) is 10.0 Å². The van der Waals surface area contributed by atoms with Crippen LogP contribution in [0, 0.1) is 0 Å². The maximum absolute atomic E-state index is 12.5. The molecule has 2 aromatic rings. The summed E-state index contributed by atoms with van der Waals surface area (Å²) in [6.45, 7) is 2.76. The number of amides is 2. The molecular weight excluding hydrogens is 398 g/mol. The fraction of sp³-hybridized carbons (Fsp3) is 0.368. The van der Waals surface area contributed by atoms with Crippen molar-refractivity contribution in [1.29, 1.82) is 0 Å². The lowest BCUT2D eigenvalue weighted by Crippen LogP contribution is -2.46. The molecule has 1 aromatic heterocycles. The van der Waals surface area contributed by atoms with Crippen LogP contribution in [-0.4, -0.2) is 44.3 Å². The number of hydrogen-bond acceptors (Lipinski definition) is 5. The van der Waals surface area contributed by atoms with Gasteiger partial charge in [0.1, 0.15) is 4.21 Å². The van der Waals surface area contributed by atoms with E-state index in [0.717, 1.165) is 29.7 Å². The maximum atomic E-state index is 12.5. The highest BCUT2D eigenvalue weighted by atomic mass is 32.2. The minimum Gasteiger partial charge on any atom is -0.353 e. The second-order valence-corrected chi connectivity index (χ2v) is 9.62. The first kappa shape index (κ1) is 20.3. The Morgan fingerprint density at radius 2 is 1.82 bits per heavy atom. The third-order valence-corrected chi connectivity index (χ3v) is 7.36. The van der Waals surface area contributed by atoms with Gasteiger partial charge in [-0.3, -0.25) is 14.3 Å². The zero-order valence-electron chi connectivity index (χ0n) is 15.6. The highest BCUT2D eigenvalue weighted by molar-refractivity contribution is 7.94. The minimum absolute atomic E-state index is 0.0354. The molecular formula is C19H23N3O4S2. The van der Waals surface area contributed by atoms with Gasteiger partial charge in [-0.25, -0.2) is 8.42 Å². The van der Waals surface area contributed by atoms with Crippen molar-refractivity contribution in [3.8, 4) is 0 Å². The number of anilines is 1. The fourth-order valence-electron chi connectivity index (χ4n) is 3.16. The molecule has 1 aliphatic heterocycles. The van der Waals surface area contributed by atoms with Crippen molar-refractivity contribution in [1.82, 2.24) is 10.2 Å². The van der Waals surface area contributed by atoms with Crippen LogP contribution >= 0.6 is 11.3 Å². The van der Waals surface area contributed by atoms with Gasteiger partial charge in [0.2, 0.25) is 11.8 Å². The van der Waals surface area contributed by atoms with Gasteiger partial charge in [0.05, 0.1) is 6.42 Å². The first-order valence-electron chi connectivity index (χ1n) is 9.03. The SMILES string of the molecule is CC(=O)NC1CCN(C(=O)Cc2ccc(NS(=O)(=O)c3cccs3)cc2)CC1. The van der Waals surface area contributed by atoms with Crippen molar-refractivity contribution in [2.24, 2.45) is 0 Å². The smallest absolute Gasteiger partial charge is 0.271 e. The lowest BCUT2D eigenvalue weighted by Gasteiger charge is -2.32. The second-order valence-electron chi connectivity index (χ2n) is 6.77. The molecule has 1 aromatic carbocycles. The molecule has 3 rings (SSSR count). The number of benzene rings is 1. The third-order valence-electron chi connectivity index (χ3n) is 4.58. The van der Waals surface area contributed by atoms with E-state index < -0.39 is 10.0 Å². The summed E-state index contributed by atoms with van der Waals surface area (Å²) in [6, 6.07) is 10.2. The molecule has 0 unspecified atom stereocenters. The Labute approximate surface area is 168 Å². The van der Waals surface area contributed by atoms with E-state index in [1.165, 1.54) is 6.92 Å². The highest BCUT2D eigenvalue weighted by Crippen LogP contribution is 2.21. The van der Waals surface area contributed by atoms with Gasteiger partial charge in [0.15, 0.2) is 0 Å². The van der Waals surface area contributed by atoms with Crippen LogP contribution in [0.2, 0.25) is 0 Å². The summed E-state index contributed by atoms with van der Waals surface area (Å²) < 4.78 is 27.3. The predicted molar refractivity (Wildman–Crippen MR) is 109 cm³/mol. The molecule has 1 saturated heterocycles. The van der Waals surface area contributed by atoms with Gasteiger partial charge in [-0.2, -0.15) is 0 Å². The zero-order chi connectivity index (χ0) is 20.1. The molecule has 0 aliphatic carbocycles. The zero-order valence-corrected chi connectivity index (χ0v) is 17.2. The minimum atomic E-state index is -3.57. The van der Waals surface area contributed by atoms with Crippen LogP contribution in [0.3, 0.4) is 0 Å². The van der Waals surface area contributed by atoms with Crippen molar-refractivity contribution in [2.75, 3.05) is 17.8 Å². The lowest BCUT2D eigenvalue weighted by atomic mass is 10.0. The number of thiophene rings is 1. The third kappa shape index (κ3) is 5.32. The van der Waals surface area contributed by atoms with E-state index in [1.54, 1.807) is 41.8 Å². The molecule has 1 fully saturated rings. The lowest BCUT2D eigenvalue weighted by molar-refractivity contribution is -0.131. The van der Waals surface area contributed by atoms with E-state index in [9.17, 15) is 18.0 Å². The normalized spacial score (nSPS) is 15.2. The second kappa shape index (κ2) is 8.74. The maximum Gasteiger partial charge on any atom is 0.271 e. The Morgan fingerprint density at radius 3 is 2.39 bits per heavy atom. The topological polar surface area (TPSA) is 95.6 Å². The summed E-state index contributed by atoms with van der Waals surface area (Å²) in [5, 5.41) is 4.60. The number of hydrogen-bond donors (Lipinski definition) is 2. The molecule has 7 nitrogen and oxygen atoms in total. The van der Waals surface area contributed by atoms with Gasteiger partial charge < -0.3 is 10.2 Å². The number of likely N-dealkylation sites (tertiary alicyclic amines) is 1. The molecule has 9 heteroatoms. The monoisotopic (exact) mass is 421 g/mol. The largest absolute Gasteiger partial charge is 0.353 e. The molecule has 0 spiro atoms. The standard InChI is InChI=1S/C19H23N3O4S2/c1-14(23)20-16-8-10-22(11-9-16)18(24)13-15-4-6-17(7-5-15)21-28(25,26)19-3-2-12-27-19/h2-7,12,16,21H,8-11,13H2,1H3,(H,20,23). The Balaban J connectivity index is 1.53. The molecule has 2 heterocycles. The van der Waals surface area contributed by atoms with Crippen molar-refractivity contribution in [3.05, 3.63) is 47.3 Å². The van der Waals surface area contributed by atoms with Gasteiger partial charge in [0, 0.05) is 31.7 Å². The molecule has 2 N–H and O–H groups in total. The first-order valence-corrected chi connectivity index (χ1v) is 11.4. The van der Waals surface area contributed by atoms with Gasteiger partial charge in [-0.15, -0.1) is 11.3 Å². The number of piperidine rings is 1. The average Bonchev–Trinajstić information content (AvgIpc) is 3.19. The molecule has 2 amide bonds. The van der Waals surface area contributed by atoms with Crippen LogP contribution in [0.15, 0.2) is 46.0 Å². The van der Waals surface area contributed by atoms with Crippen LogP contribution in [-0.2, 0) is 26.0 Å². The summed E-state index contributed by atoms with van der Waals surface area (Å²) >= 11 is 1.16. The summed E-state index contributed by atoms with van der Waals surface area (Å²) in [7, 11) is -3.57. The Hall–Kier alpha value is -2.39. The number of nitrogens with one attached hydrogen (secondary N) is 2. The van der Waals surface area contributed by atoms with Crippen molar-refractivity contribution in [2.45, 2.75) is 36.4 Å². The Kier molecular flexibility index (Phi) is 6.35. The van der Waals surface area contributed by atoms with Crippen LogP contribution in [0.4, 0.5) is 5.69 Å². The molecule has 0 bridgehead atoms. The number of nitrogens with zero attached hydrogens (tertiary/aromatic N) is 1. The summed E-state index contributed by atoms with van der Waals surface area (Å²) in [6.07, 6.45) is 1.78. The van der Waals surface area contributed by atoms with Crippen molar-refractivity contribution in [3.63, 3.8) is 0 Å². The number of sulfonamides is 1. The molecule has 1 aliphatic rings. The van der Waals surface area contributed by atoms with Crippen LogP contribution in [0.5, 0.6) is 0 Å². The van der Waals surface area contributed by atoms with E-state index in [4.69, 9.17) is 0 Å².